The molecule has 1 amide bonds. The maximum atomic E-state index is 13.1. The van der Waals surface area contributed by atoms with Crippen molar-refractivity contribution in [2.24, 2.45) is 0 Å². The van der Waals surface area contributed by atoms with E-state index in [1.807, 2.05) is 12.1 Å². The van der Waals surface area contributed by atoms with E-state index in [0.717, 1.165) is 45.6 Å². The van der Waals surface area contributed by atoms with Gasteiger partial charge in [-0.15, -0.1) is 0 Å². The molecular formula is C27H36N2O5S. The van der Waals surface area contributed by atoms with Crippen LogP contribution in [0.5, 0.6) is 0 Å². The topological polar surface area (TPSA) is 95.9 Å². The Kier molecular flexibility index (Phi) is 8.27. The molecule has 0 aromatic heterocycles. The highest BCUT2D eigenvalue weighted by atomic mass is 32.2. The van der Waals surface area contributed by atoms with Gasteiger partial charge in [0, 0.05) is 37.9 Å². The van der Waals surface area contributed by atoms with Gasteiger partial charge in [-0.25, -0.2) is 8.42 Å². The van der Waals surface area contributed by atoms with Crippen LogP contribution in [0.15, 0.2) is 47.4 Å². The van der Waals surface area contributed by atoms with Crippen LogP contribution >= 0.6 is 0 Å². The van der Waals surface area contributed by atoms with Crippen LogP contribution in [0.1, 0.15) is 72.1 Å². The van der Waals surface area contributed by atoms with Crippen molar-refractivity contribution >= 4 is 15.7 Å². The van der Waals surface area contributed by atoms with Crippen molar-refractivity contribution in [2.45, 2.75) is 62.6 Å². The lowest BCUT2D eigenvalue weighted by atomic mass is 9.85. The molecule has 0 aliphatic carbocycles. The van der Waals surface area contributed by atoms with Crippen molar-refractivity contribution in [1.29, 1.82) is 0 Å². The quantitative estimate of drug-likeness (QED) is 0.577. The first-order valence-corrected chi connectivity index (χ1v) is 14.2. The molecule has 190 valence electrons. The van der Waals surface area contributed by atoms with Gasteiger partial charge in [0.1, 0.15) is 0 Å². The number of nitrogens with one attached hydrogen (secondary N) is 1. The average molecular weight is 501 g/mol. The standard InChI is InChI=1S/C27H36N2O5S/c1-3-19-16-29(23-11-13-34-14-12-23)17-22-15-21(7-10-25(19)22)27(31)28-26(18-30)20-5-8-24(9-6-20)35(32,33)4-2/h5-10,15,19,23,26,30H,3-4,11-14,16-18H2,1-2H3,(H,28,31)/t19-,26?/m1/s1. The number of ether oxygens (including phenoxy) is 1. The van der Waals surface area contributed by atoms with Crippen LogP contribution in [0, 0.1) is 0 Å². The van der Waals surface area contributed by atoms with Gasteiger partial charge in [-0.2, -0.15) is 0 Å². The van der Waals surface area contributed by atoms with E-state index < -0.39 is 15.9 Å². The molecule has 8 heteroatoms. The Labute approximate surface area is 208 Å². The normalized spacial score (nSPS) is 20.3. The summed E-state index contributed by atoms with van der Waals surface area (Å²) in [6, 6.07) is 12.2. The van der Waals surface area contributed by atoms with Gasteiger partial charge in [0.2, 0.25) is 0 Å². The minimum Gasteiger partial charge on any atom is -0.394 e. The second kappa shape index (κ2) is 11.2. The van der Waals surface area contributed by atoms with Crippen LogP contribution in [-0.2, 0) is 21.1 Å². The second-order valence-corrected chi connectivity index (χ2v) is 11.8. The van der Waals surface area contributed by atoms with Crippen LogP contribution in [0.25, 0.3) is 0 Å². The summed E-state index contributed by atoms with van der Waals surface area (Å²) in [6.07, 6.45) is 3.14. The van der Waals surface area contributed by atoms with Crippen molar-refractivity contribution < 1.29 is 23.1 Å². The molecular weight excluding hydrogens is 464 g/mol. The summed E-state index contributed by atoms with van der Waals surface area (Å²) in [4.78, 5) is 15.9. The second-order valence-electron chi connectivity index (χ2n) is 9.47. The first-order valence-electron chi connectivity index (χ1n) is 12.5. The lowest BCUT2D eigenvalue weighted by Gasteiger charge is -2.41. The number of nitrogens with zero attached hydrogens (tertiary/aromatic N) is 1. The number of benzene rings is 2. The highest BCUT2D eigenvalue weighted by molar-refractivity contribution is 7.91. The zero-order valence-electron chi connectivity index (χ0n) is 20.6. The van der Waals surface area contributed by atoms with Gasteiger partial charge < -0.3 is 15.2 Å². The first-order chi connectivity index (χ1) is 16.9. The number of carbonyl (C=O) groups excluding carboxylic acids is 1. The Morgan fingerprint density at radius 3 is 2.49 bits per heavy atom. The number of hydrogen-bond donors (Lipinski definition) is 2. The Morgan fingerprint density at radius 1 is 1.14 bits per heavy atom. The monoisotopic (exact) mass is 500 g/mol. The lowest BCUT2D eigenvalue weighted by molar-refractivity contribution is 0.0252. The molecule has 2 aliphatic rings. The van der Waals surface area contributed by atoms with Gasteiger partial charge in [0.25, 0.3) is 5.91 Å². The van der Waals surface area contributed by atoms with E-state index in [0.29, 0.717) is 23.1 Å². The van der Waals surface area contributed by atoms with Crippen molar-refractivity contribution in [2.75, 3.05) is 32.1 Å². The van der Waals surface area contributed by atoms with Crippen molar-refractivity contribution in [3.8, 4) is 0 Å². The highest BCUT2D eigenvalue weighted by Crippen LogP contribution is 2.34. The number of carbonyl (C=O) groups is 1. The van der Waals surface area contributed by atoms with Gasteiger partial charge >= 0.3 is 0 Å². The predicted molar refractivity (Wildman–Crippen MR) is 135 cm³/mol. The maximum absolute atomic E-state index is 13.1. The lowest BCUT2D eigenvalue weighted by Crippen LogP contribution is -2.43. The summed E-state index contributed by atoms with van der Waals surface area (Å²) >= 11 is 0. The van der Waals surface area contributed by atoms with Crippen molar-refractivity contribution in [1.82, 2.24) is 10.2 Å². The van der Waals surface area contributed by atoms with Gasteiger partial charge in [-0.05, 0) is 66.1 Å². The first kappa shape index (κ1) is 25.8. The number of sulfone groups is 1. The Balaban J connectivity index is 1.50. The number of amides is 1. The third-order valence-electron chi connectivity index (χ3n) is 7.38. The summed E-state index contributed by atoms with van der Waals surface area (Å²) < 4.78 is 29.7. The molecule has 35 heavy (non-hydrogen) atoms. The number of aliphatic hydroxyl groups excluding tert-OH is 1. The molecule has 0 saturated carbocycles. The van der Waals surface area contributed by atoms with E-state index in [1.165, 1.54) is 23.3 Å². The smallest absolute Gasteiger partial charge is 0.251 e. The molecule has 2 aromatic rings. The Bertz CT molecular complexity index is 1130. The molecule has 2 aromatic carbocycles. The highest BCUT2D eigenvalue weighted by Gasteiger charge is 2.30. The zero-order valence-corrected chi connectivity index (χ0v) is 21.4. The summed E-state index contributed by atoms with van der Waals surface area (Å²) in [6.45, 7) is 7.01. The minimum atomic E-state index is -3.30. The van der Waals surface area contributed by atoms with Crippen LogP contribution in [0.4, 0.5) is 0 Å². The number of rotatable bonds is 8. The van der Waals surface area contributed by atoms with Gasteiger partial charge in [-0.3, -0.25) is 9.69 Å². The summed E-state index contributed by atoms with van der Waals surface area (Å²) in [7, 11) is -3.30. The molecule has 2 aliphatic heterocycles. The fourth-order valence-corrected chi connectivity index (χ4v) is 6.06. The van der Waals surface area contributed by atoms with Crippen molar-refractivity contribution in [3.63, 3.8) is 0 Å². The summed E-state index contributed by atoms with van der Waals surface area (Å²) in [5, 5.41) is 12.8. The molecule has 2 heterocycles. The van der Waals surface area contributed by atoms with Gasteiger partial charge in [0.15, 0.2) is 9.84 Å². The summed E-state index contributed by atoms with van der Waals surface area (Å²) in [5.74, 6) is 0.213. The fourth-order valence-electron chi connectivity index (χ4n) is 5.17. The molecule has 2 N–H and O–H groups in total. The molecule has 1 saturated heterocycles. The summed E-state index contributed by atoms with van der Waals surface area (Å²) in [5.41, 5.74) is 3.73. The molecule has 0 radical (unpaired) electrons. The third-order valence-corrected chi connectivity index (χ3v) is 9.13. The third kappa shape index (κ3) is 5.77. The fraction of sp³-hybridized carbons (Fsp3) is 0.519. The van der Waals surface area contributed by atoms with E-state index in [4.69, 9.17) is 4.74 Å². The molecule has 0 spiro atoms. The largest absolute Gasteiger partial charge is 0.394 e. The minimum absolute atomic E-state index is 0.0235. The van der Waals surface area contributed by atoms with Gasteiger partial charge in [0.05, 0.1) is 23.3 Å². The molecule has 1 fully saturated rings. The predicted octanol–water partition coefficient (Wildman–Crippen LogP) is 3.43. The van der Waals surface area contributed by atoms with E-state index in [9.17, 15) is 18.3 Å². The number of fused-ring (bicyclic) bond motifs is 1. The number of hydrogen-bond acceptors (Lipinski definition) is 6. The van der Waals surface area contributed by atoms with Crippen LogP contribution in [0.3, 0.4) is 0 Å². The molecule has 7 nitrogen and oxygen atoms in total. The van der Waals surface area contributed by atoms with E-state index in [2.05, 4.69) is 23.2 Å². The average Bonchev–Trinajstić information content (AvgIpc) is 2.91. The number of aliphatic hydroxyl groups is 1. The molecule has 2 atom stereocenters. The Hall–Kier alpha value is -2.26. The SMILES string of the molecule is CC[C@@H]1CN(C2CCOCC2)Cc2cc(C(=O)NC(CO)c3ccc(S(=O)(=O)CC)cc3)ccc21. The van der Waals surface area contributed by atoms with Crippen LogP contribution < -0.4 is 5.32 Å². The van der Waals surface area contributed by atoms with Crippen LogP contribution in [-0.4, -0.2) is 62.5 Å². The van der Waals surface area contributed by atoms with Crippen LogP contribution in [0.2, 0.25) is 0 Å². The Morgan fingerprint density at radius 2 is 1.86 bits per heavy atom. The molecule has 1 unspecified atom stereocenters. The van der Waals surface area contributed by atoms with E-state index >= 15 is 0 Å². The molecule has 0 bridgehead atoms. The van der Waals surface area contributed by atoms with Crippen molar-refractivity contribution in [3.05, 3.63) is 64.7 Å². The van der Waals surface area contributed by atoms with Gasteiger partial charge in [-0.1, -0.05) is 32.0 Å². The van der Waals surface area contributed by atoms with E-state index in [-0.39, 0.29) is 23.2 Å². The molecule has 4 rings (SSSR count). The maximum Gasteiger partial charge on any atom is 0.251 e. The zero-order chi connectivity index (χ0) is 25.0. The van der Waals surface area contributed by atoms with E-state index in [1.54, 1.807) is 19.1 Å².